The third-order valence-electron chi connectivity index (χ3n) is 2.44. The van der Waals surface area contributed by atoms with Crippen LogP contribution in [0.25, 0.3) is 0 Å². The number of rotatable bonds is 2. The number of nitrogens with zero attached hydrogens (tertiary/aromatic N) is 1. The topological polar surface area (TPSA) is 66.8 Å². The molecule has 0 spiro atoms. The minimum atomic E-state index is -1.03. The minimum Gasteiger partial charge on any atom is -0.479 e. The molecular weight excluding hydrogens is 222 g/mol. The highest BCUT2D eigenvalue weighted by molar-refractivity contribution is 5.83. The van der Waals surface area contributed by atoms with E-state index in [4.69, 9.17) is 9.84 Å². The van der Waals surface area contributed by atoms with Crippen LogP contribution in [0.2, 0.25) is 0 Å². The molecule has 1 N–H and O–H groups in total. The van der Waals surface area contributed by atoms with E-state index in [1.54, 1.807) is 26.8 Å². The predicted octanol–water partition coefficient (Wildman–Crippen LogP) is 2.03. The summed E-state index contributed by atoms with van der Waals surface area (Å²) in [5, 5.41) is 9.05. The maximum absolute atomic E-state index is 11.8. The third kappa shape index (κ3) is 3.47. The van der Waals surface area contributed by atoms with Crippen molar-refractivity contribution in [1.82, 2.24) is 4.90 Å². The first kappa shape index (κ1) is 13.5. The zero-order valence-electron chi connectivity index (χ0n) is 10.7. The molecule has 1 atom stereocenters. The van der Waals surface area contributed by atoms with Gasteiger partial charge in [0.15, 0.2) is 6.04 Å². The first-order valence-corrected chi connectivity index (χ1v) is 5.66. The van der Waals surface area contributed by atoms with Gasteiger partial charge in [0.05, 0.1) is 0 Å². The first-order valence-electron chi connectivity index (χ1n) is 5.66. The van der Waals surface area contributed by atoms with Crippen LogP contribution in [0, 0.1) is 0 Å². The molecule has 5 heteroatoms. The SMILES string of the molecule is CCC1=C[C@@H](C(=O)O)N(C(=O)OC(C)(C)C)C1. The van der Waals surface area contributed by atoms with Crippen molar-refractivity contribution in [2.45, 2.75) is 45.8 Å². The molecule has 1 aliphatic heterocycles. The van der Waals surface area contributed by atoms with Crippen molar-refractivity contribution in [3.8, 4) is 0 Å². The molecule has 1 heterocycles. The fourth-order valence-corrected chi connectivity index (χ4v) is 1.62. The highest BCUT2D eigenvalue weighted by Crippen LogP contribution is 2.21. The summed E-state index contributed by atoms with van der Waals surface area (Å²) < 4.78 is 5.19. The van der Waals surface area contributed by atoms with E-state index >= 15 is 0 Å². The molecule has 0 radical (unpaired) electrons. The van der Waals surface area contributed by atoms with Crippen molar-refractivity contribution in [1.29, 1.82) is 0 Å². The molecule has 0 unspecified atom stereocenters. The largest absolute Gasteiger partial charge is 0.479 e. The number of carboxylic acids is 1. The molecule has 1 rings (SSSR count). The van der Waals surface area contributed by atoms with Crippen LogP contribution in [-0.4, -0.2) is 40.3 Å². The summed E-state index contributed by atoms with van der Waals surface area (Å²) in [6.07, 6.45) is 1.78. The third-order valence-corrected chi connectivity index (χ3v) is 2.44. The summed E-state index contributed by atoms with van der Waals surface area (Å²) in [6, 6.07) is -0.903. The lowest BCUT2D eigenvalue weighted by Crippen LogP contribution is -2.43. The Morgan fingerprint density at radius 3 is 2.53 bits per heavy atom. The number of aliphatic carboxylic acids is 1. The van der Waals surface area contributed by atoms with Crippen LogP contribution in [0.15, 0.2) is 11.6 Å². The van der Waals surface area contributed by atoms with E-state index in [-0.39, 0.29) is 0 Å². The van der Waals surface area contributed by atoms with Gasteiger partial charge in [-0.1, -0.05) is 12.5 Å². The molecule has 5 nitrogen and oxygen atoms in total. The molecule has 0 aromatic rings. The minimum absolute atomic E-state index is 0.336. The Morgan fingerprint density at radius 1 is 1.53 bits per heavy atom. The lowest BCUT2D eigenvalue weighted by atomic mass is 10.2. The second-order valence-electron chi connectivity index (χ2n) is 5.07. The number of carbonyl (C=O) groups is 2. The van der Waals surface area contributed by atoms with Crippen molar-refractivity contribution >= 4 is 12.1 Å². The second-order valence-corrected chi connectivity index (χ2v) is 5.07. The van der Waals surface area contributed by atoms with Gasteiger partial charge in [0.25, 0.3) is 0 Å². The fourth-order valence-electron chi connectivity index (χ4n) is 1.62. The summed E-state index contributed by atoms with van der Waals surface area (Å²) in [4.78, 5) is 24.1. The predicted molar refractivity (Wildman–Crippen MR) is 62.7 cm³/mol. The number of amides is 1. The molecule has 0 bridgehead atoms. The van der Waals surface area contributed by atoms with Crippen molar-refractivity contribution in [2.24, 2.45) is 0 Å². The lowest BCUT2D eigenvalue weighted by Gasteiger charge is -2.27. The Kier molecular flexibility index (Phi) is 3.80. The Balaban J connectivity index is 2.78. The fraction of sp³-hybridized carbons (Fsp3) is 0.667. The summed E-state index contributed by atoms with van der Waals surface area (Å²) in [5.41, 5.74) is 0.331. The number of carboxylic acid groups (broad SMARTS) is 1. The van der Waals surface area contributed by atoms with Gasteiger partial charge in [-0.15, -0.1) is 0 Å². The smallest absolute Gasteiger partial charge is 0.411 e. The summed E-state index contributed by atoms with van der Waals surface area (Å²) >= 11 is 0. The monoisotopic (exact) mass is 241 g/mol. The molecule has 0 aliphatic carbocycles. The van der Waals surface area contributed by atoms with Crippen molar-refractivity contribution in [2.75, 3.05) is 6.54 Å². The molecule has 0 saturated heterocycles. The van der Waals surface area contributed by atoms with Crippen LogP contribution in [0.1, 0.15) is 34.1 Å². The van der Waals surface area contributed by atoms with Gasteiger partial charge in [-0.3, -0.25) is 4.90 Å². The Bertz CT molecular complexity index is 354. The van der Waals surface area contributed by atoms with E-state index < -0.39 is 23.7 Å². The van der Waals surface area contributed by atoms with E-state index in [1.165, 1.54) is 4.90 Å². The Hall–Kier alpha value is -1.52. The van der Waals surface area contributed by atoms with Crippen molar-refractivity contribution < 1.29 is 19.4 Å². The molecule has 17 heavy (non-hydrogen) atoms. The molecule has 0 aromatic heterocycles. The van der Waals surface area contributed by atoms with Crippen LogP contribution in [0.4, 0.5) is 4.79 Å². The van der Waals surface area contributed by atoms with Gasteiger partial charge in [0.2, 0.25) is 0 Å². The lowest BCUT2D eigenvalue weighted by molar-refractivity contribution is -0.140. The Morgan fingerprint density at radius 2 is 2.12 bits per heavy atom. The number of hydrogen-bond acceptors (Lipinski definition) is 3. The zero-order valence-corrected chi connectivity index (χ0v) is 10.7. The van der Waals surface area contributed by atoms with Crippen molar-refractivity contribution in [3.05, 3.63) is 11.6 Å². The van der Waals surface area contributed by atoms with E-state index in [1.807, 2.05) is 6.92 Å². The summed E-state index contributed by atoms with van der Waals surface area (Å²) in [6.45, 7) is 7.53. The van der Waals surface area contributed by atoms with E-state index in [0.29, 0.717) is 6.54 Å². The van der Waals surface area contributed by atoms with Gasteiger partial charge in [-0.2, -0.15) is 0 Å². The standard InChI is InChI=1S/C12H19NO4/c1-5-8-6-9(10(14)15)13(7-8)11(16)17-12(2,3)4/h6,9H,5,7H2,1-4H3,(H,14,15)/t9-/m0/s1. The maximum Gasteiger partial charge on any atom is 0.411 e. The van der Waals surface area contributed by atoms with E-state index in [0.717, 1.165) is 12.0 Å². The number of carbonyl (C=O) groups excluding carboxylic acids is 1. The van der Waals surface area contributed by atoms with Gasteiger partial charge < -0.3 is 9.84 Å². The number of hydrogen-bond donors (Lipinski definition) is 1. The van der Waals surface area contributed by atoms with Crippen molar-refractivity contribution in [3.63, 3.8) is 0 Å². The molecule has 1 aliphatic rings. The molecule has 0 aromatic carbocycles. The van der Waals surface area contributed by atoms with Crippen LogP contribution < -0.4 is 0 Å². The summed E-state index contributed by atoms with van der Waals surface area (Å²) in [5.74, 6) is -1.03. The van der Waals surface area contributed by atoms with Crippen LogP contribution in [0.3, 0.4) is 0 Å². The zero-order chi connectivity index (χ0) is 13.2. The maximum atomic E-state index is 11.8. The van der Waals surface area contributed by atoms with Gasteiger partial charge in [-0.05, 0) is 33.3 Å². The second kappa shape index (κ2) is 4.77. The van der Waals surface area contributed by atoms with E-state index in [2.05, 4.69) is 0 Å². The average Bonchev–Trinajstić information content (AvgIpc) is 2.58. The molecule has 96 valence electrons. The van der Waals surface area contributed by atoms with Crippen LogP contribution in [0.5, 0.6) is 0 Å². The van der Waals surface area contributed by atoms with Crippen LogP contribution in [-0.2, 0) is 9.53 Å². The summed E-state index contributed by atoms with van der Waals surface area (Å²) in [7, 11) is 0. The highest BCUT2D eigenvalue weighted by atomic mass is 16.6. The van der Waals surface area contributed by atoms with Gasteiger partial charge in [0, 0.05) is 6.54 Å². The quantitative estimate of drug-likeness (QED) is 0.751. The average molecular weight is 241 g/mol. The van der Waals surface area contributed by atoms with Crippen LogP contribution >= 0.6 is 0 Å². The van der Waals surface area contributed by atoms with Gasteiger partial charge >= 0.3 is 12.1 Å². The number of ether oxygens (including phenoxy) is 1. The first-order chi connectivity index (χ1) is 7.74. The van der Waals surface area contributed by atoms with Gasteiger partial charge in [0.1, 0.15) is 5.60 Å². The highest BCUT2D eigenvalue weighted by Gasteiger charge is 2.35. The molecule has 1 amide bonds. The normalized spacial score (nSPS) is 20.1. The van der Waals surface area contributed by atoms with E-state index in [9.17, 15) is 9.59 Å². The van der Waals surface area contributed by atoms with Gasteiger partial charge in [-0.25, -0.2) is 9.59 Å². The molecule has 0 fully saturated rings. The molecule has 0 saturated carbocycles. The Labute approximate surface area is 101 Å². The molecular formula is C12H19NO4.